The van der Waals surface area contributed by atoms with Crippen LogP contribution in [0.5, 0.6) is 0 Å². The standard InChI is InChI=1S/C5H13N3O2/c1-7(2,9)8(10)4-3-6-5-8/h6H,3-5H2,1-2H3. The van der Waals surface area contributed by atoms with Gasteiger partial charge >= 0.3 is 0 Å². The zero-order chi connectivity index (χ0) is 7.83. The molecule has 5 nitrogen and oxygen atoms in total. The van der Waals surface area contributed by atoms with E-state index in [1.807, 2.05) is 0 Å². The summed E-state index contributed by atoms with van der Waals surface area (Å²) in [6.07, 6.45) is 0. The Bertz CT molecular complexity index is 125. The average Bonchev–Trinajstić information content (AvgIpc) is 2.13. The minimum Gasteiger partial charge on any atom is -0.582 e. The second-order valence-corrected chi connectivity index (χ2v) is 3.02. The van der Waals surface area contributed by atoms with Crippen molar-refractivity contribution in [3.8, 4) is 0 Å². The fraction of sp³-hybridized carbons (Fsp3) is 1.00. The molecule has 0 aromatic rings. The van der Waals surface area contributed by atoms with Crippen molar-refractivity contribution in [1.29, 1.82) is 0 Å². The van der Waals surface area contributed by atoms with Crippen LogP contribution in [-0.2, 0) is 0 Å². The van der Waals surface area contributed by atoms with Crippen LogP contribution < -0.4 is 5.32 Å². The lowest BCUT2D eigenvalue weighted by atomic mass is 10.7. The highest BCUT2D eigenvalue weighted by Gasteiger charge is 2.32. The lowest BCUT2D eigenvalue weighted by Crippen LogP contribution is -2.61. The smallest absolute Gasteiger partial charge is 0.176 e. The number of quaternary nitrogens is 2. The number of rotatable bonds is 1. The van der Waals surface area contributed by atoms with Crippen LogP contribution >= 0.6 is 0 Å². The lowest BCUT2D eigenvalue weighted by Gasteiger charge is -2.51. The molecular formula is C5H13N3O2. The van der Waals surface area contributed by atoms with Crippen molar-refractivity contribution >= 4 is 0 Å². The van der Waals surface area contributed by atoms with Crippen LogP contribution in [0.3, 0.4) is 0 Å². The molecule has 0 aliphatic carbocycles. The van der Waals surface area contributed by atoms with Gasteiger partial charge in [0, 0.05) is 0 Å². The predicted molar refractivity (Wildman–Crippen MR) is 36.8 cm³/mol. The SMILES string of the molecule is C[N+](C)([O-])[N+]1([O-])CCNC1. The number of hydroxylamine groups is 4. The molecule has 1 aliphatic rings. The van der Waals surface area contributed by atoms with E-state index in [4.69, 9.17) is 0 Å². The van der Waals surface area contributed by atoms with E-state index in [0.29, 0.717) is 13.1 Å². The van der Waals surface area contributed by atoms with Crippen LogP contribution in [0.4, 0.5) is 0 Å². The maximum absolute atomic E-state index is 11.5. The molecule has 0 radical (unpaired) electrons. The molecule has 0 saturated carbocycles. The molecule has 1 aliphatic heterocycles. The quantitative estimate of drug-likeness (QED) is 0.304. The van der Waals surface area contributed by atoms with E-state index in [9.17, 15) is 10.4 Å². The van der Waals surface area contributed by atoms with Crippen molar-refractivity contribution < 1.29 is 9.51 Å². The Morgan fingerprint density at radius 2 is 2.10 bits per heavy atom. The van der Waals surface area contributed by atoms with Gasteiger partial charge in [0.1, 0.15) is 20.6 Å². The van der Waals surface area contributed by atoms with E-state index in [-0.39, 0.29) is 6.67 Å². The summed E-state index contributed by atoms with van der Waals surface area (Å²) in [6.45, 7) is 1.25. The lowest BCUT2D eigenvalue weighted by molar-refractivity contribution is -1.44. The summed E-state index contributed by atoms with van der Waals surface area (Å²) in [5, 5.41) is 25.5. The summed E-state index contributed by atoms with van der Waals surface area (Å²) in [5.74, 6) is 0. The van der Waals surface area contributed by atoms with Gasteiger partial charge in [-0.15, -0.1) is 0 Å². The van der Waals surface area contributed by atoms with Gasteiger partial charge in [-0.3, -0.25) is 5.32 Å². The molecule has 5 heteroatoms. The van der Waals surface area contributed by atoms with E-state index in [0.717, 1.165) is 0 Å². The largest absolute Gasteiger partial charge is 0.582 e. The highest BCUT2D eigenvalue weighted by atomic mass is 16.8. The third-order valence-electron chi connectivity index (χ3n) is 1.87. The van der Waals surface area contributed by atoms with Crippen LogP contribution in [0, 0.1) is 10.4 Å². The van der Waals surface area contributed by atoms with Gasteiger partial charge in [0.25, 0.3) is 0 Å². The van der Waals surface area contributed by atoms with E-state index >= 15 is 0 Å². The topological polar surface area (TPSA) is 58.1 Å². The van der Waals surface area contributed by atoms with Crippen molar-refractivity contribution in [1.82, 2.24) is 5.32 Å². The van der Waals surface area contributed by atoms with Gasteiger partial charge in [-0.2, -0.15) is 4.76 Å². The van der Waals surface area contributed by atoms with Crippen molar-refractivity contribution in [2.24, 2.45) is 0 Å². The van der Waals surface area contributed by atoms with Gasteiger partial charge in [0.15, 0.2) is 6.67 Å². The minimum atomic E-state index is -0.799. The number of hydrogen-bond acceptors (Lipinski definition) is 3. The van der Waals surface area contributed by atoms with Crippen LogP contribution in [0.1, 0.15) is 0 Å². The average molecular weight is 147 g/mol. The van der Waals surface area contributed by atoms with Crippen LogP contribution in [0.25, 0.3) is 0 Å². The van der Waals surface area contributed by atoms with Crippen molar-refractivity contribution in [2.45, 2.75) is 0 Å². The Morgan fingerprint density at radius 1 is 1.50 bits per heavy atom. The van der Waals surface area contributed by atoms with Crippen molar-refractivity contribution in [3.05, 3.63) is 10.4 Å². The molecule has 0 amide bonds. The first kappa shape index (κ1) is 7.90. The normalized spacial score (nSPS) is 34.8. The Morgan fingerprint density at radius 3 is 2.30 bits per heavy atom. The molecule has 0 aromatic carbocycles. The predicted octanol–water partition coefficient (Wildman–Crippen LogP) is -0.649. The van der Waals surface area contributed by atoms with Gasteiger partial charge in [-0.05, 0) is 0 Å². The van der Waals surface area contributed by atoms with Crippen molar-refractivity contribution in [3.63, 3.8) is 0 Å². The van der Waals surface area contributed by atoms with Gasteiger partial charge in [-0.1, -0.05) is 0 Å². The molecule has 1 N–H and O–H groups in total. The van der Waals surface area contributed by atoms with Crippen molar-refractivity contribution in [2.75, 3.05) is 33.9 Å². The maximum Gasteiger partial charge on any atom is 0.176 e. The first-order valence-electron chi connectivity index (χ1n) is 3.30. The molecule has 60 valence electrons. The molecule has 0 spiro atoms. The van der Waals surface area contributed by atoms with Crippen LogP contribution in [0.15, 0.2) is 0 Å². The Kier molecular flexibility index (Phi) is 1.69. The number of nitrogens with zero attached hydrogens (tertiary/aromatic N) is 2. The third kappa shape index (κ3) is 1.14. The molecule has 0 bridgehead atoms. The summed E-state index contributed by atoms with van der Waals surface area (Å²) in [7, 11) is 2.75. The minimum absolute atomic E-state index is 0.233. The summed E-state index contributed by atoms with van der Waals surface area (Å²) in [6, 6.07) is 0. The second kappa shape index (κ2) is 2.14. The third-order valence-corrected chi connectivity index (χ3v) is 1.87. The summed E-state index contributed by atoms with van der Waals surface area (Å²) >= 11 is 0. The molecule has 1 saturated heterocycles. The fourth-order valence-electron chi connectivity index (χ4n) is 0.998. The van der Waals surface area contributed by atoms with Gasteiger partial charge in [0.2, 0.25) is 0 Å². The highest BCUT2D eigenvalue weighted by Crippen LogP contribution is 2.16. The van der Waals surface area contributed by atoms with E-state index in [2.05, 4.69) is 5.32 Å². The van der Waals surface area contributed by atoms with E-state index < -0.39 is 9.51 Å². The monoisotopic (exact) mass is 147 g/mol. The Labute approximate surface area is 60.1 Å². The molecule has 1 atom stereocenters. The molecule has 1 rings (SSSR count). The van der Waals surface area contributed by atoms with Crippen LogP contribution in [-0.4, -0.2) is 43.4 Å². The van der Waals surface area contributed by atoms with E-state index in [1.54, 1.807) is 0 Å². The Balaban J connectivity index is 2.67. The Hall–Kier alpha value is -0.200. The molecule has 1 unspecified atom stereocenters. The zero-order valence-electron chi connectivity index (χ0n) is 6.33. The zero-order valence-corrected chi connectivity index (χ0v) is 6.33. The van der Waals surface area contributed by atoms with Gasteiger partial charge in [-0.25, -0.2) is 4.76 Å². The van der Waals surface area contributed by atoms with Crippen LogP contribution in [0.2, 0.25) is 0 Å². The first-order chi connectivity index (χ1) is 4.46. The number of hydrogen-bond donors (Lipinski definition) is 1. The molecule has 10 heavy (non-hydrogen) atoms. The second-order valence-electron chi connectivity index (χ2n) is 3.02. The van der Waals surface area contributed by atoms with Gasteiger partial charge in [0.05, 0.1) is 6.54 Å². The van der Waals surface area contributed by atoms with E-state index in [1.165, 1.54) is 14.1 Å². The molecule has 0 aromatic heterocycles. The maximum atomic E-state index is 11.5. The molecule has 1 heterocycles. The summed E-state index contributed by atoms with van der Waals surface area (Å²) in [5.41, 5.74) is 0. The summed E-state index contributed by atoms with van der Waals surface area (Å²) < 4.78 is -1.51. The first-order valence-corrected chi connectivity index (χ1v) is 3.30. The highest BCUT2D eigenvalue weighted by molar-refractivity contribution is 4.48. The fourth-order valence-corrected chi connectivity index (χ4v) is 0.998. The summed E-state index contributed by atoms with van der Waals surface area (Å²) in [4.78, 5) is 0. The molecule has 1 fully saturated rings. The van der Waals surface area contributed by atoms with Gasteiger partial charge < -0.3 is 10.4 Å². The number of nitrogens with one attached hydrogen (secondary N) is 1. The molecular weight excluding hydrogens is 134 g/mol.